The van der Waals surface area contributed by atoms with E-state index in [4.69, 9.17) is 66.3 Å². The maximum atomic E-state index is 12.3. The Kier molecular flexibility index (Phi) is 30.0. The minimum absolute atomic E-state index is 0.0313. The van der Waals surface area contributed by atoms with Crippen LogP contribution in [0.15, 0.2) is 48.5 Å². The number of hydrogen-bond acceptors (Lipinski definition) is 16. The van der Waals surface area contributed by atoms with E-state index in [1.165, 1.54) is 22.3 Å². The summed E-state index contributed by atoms with van der Waals surface area (Å²) in [5, 5.41) is 2.74. The first kappa shape index (κ1) is 53.0. The molecule has 0 aliphatic heterocycles. The lowest BCUT2D eigenvalue weighted by Gasteiger charge is -2.19. The topological polar surface area (TPSA) is 175 Å². The Balaban J connectivity index is 0.921. The number of esters is 1. The van der Waals surface area contributed by atoms with Crippen molar-refractivity contribution in [2.75, 3.05) is 172 Å². The molecule has 352 valence electrons. The summed E-state index contributed by atoms with van der Waals surface area (Å²) in [6.07, 6.45) is -0.457. The van der Waals surface area contributed by atoms with Gasteiger partial charge in [-0.25, -0.2) is 9.59 Å². The molecule has 0 fully saturated rings. The summed E-state index contributed by atoms with van der Waals surface area (Å²) in [4.78, 5) is 23.8. The average molecular weight is 882 g/mol. The summed E-state index contributed by atoms with van der Waals surface area (Å²) in [5.41, 5.74) is 4.24. The normalized spacial score (nSPS) is 12.4. The van der Waals surface area contributed by atoms with E-state index in [-0.39, 0.29) is 19.1 Å². The highest BCUT2D eigenvalue weighted by Crippen LogP contribution is 2.44. The zero-order valence-electron chi connectivity index (χ0n) is 37.1. The SMILES string of the molecule is CC(C)(C)OC(=O)COCCOCCOCCOCCOCCOCCOCCOCCOCCOCCOCCOCCNC(=O)OCC1c2ccccc2-c2ccccc21. The Hall–Kier alpha value is -3.30. The Morgan fingerprint density at radius 2 is 0.758 bits per heavy atom. The van der Waals surface area contributed by atoms with Crippen molar-refractivity contribution in [1.82, 2.24) is 5.32 Å². The fraction of sp³-hybridized carbons (Fsp3) is 0.689. The summed E-state index contributed by atoms with van der Waals surface area (Å²) in [6, 6.07) is 16.5. The third-order valence-corrected chi connectivity index (χ3v) is 8.59. The molecule has 1 N–H and O–H groups in total. The lowest BCUT2D eigenvalue weighted by Crippen LogP contribution is -2.29. The molecule has 0 radical (unpaired) electrons. The number of hydrogen-bond donors (Lipinski definition) is 1. The van der Waals surface area contributed by atoms with Crippen LogP contribution in [0, 0.1) is 0 Å². The van der Waals surface area contributed by atoms with Gasteiger partial charge in [0, 0.05) is 12.5 Å². The monoisotopic (exact) mass is 881 g/mol. The molecule has 0 atom stereocenters. The smallest absolute Gasteiger partial charge is 0.407 e. The van der Waals surface area contributed by atoms with Gasteiger partial charge in [0.05, 0.1) is 152 Å². The molecule has 1 amide bonds. The number of rotatable bonds is 40. The van der Waals surface area contributed by atoms with Crippen LogP contribution in [0.2, 0.25) is 0 Å². The molecule has 0 aromatic heterocycles. The van der Waals surface area contributed by atoms with Gasteiger partial charge in [-0.1, -0.05) is 48.5 Å². The van der Waals surface area contributed by atoms with Gasteiger partial charge in [0.1, 0.15) is 18.8 Å². The van der Waals surface area contributed by atoms with Crippen LogP contribution in [0.5, 0.6) is 0 Å². The predicted molar refractivity (Wildman–Crippen MR) is 229 cm³/mol. The van der Waals surface area contributed by atoms with Crippen LogP contribution in [0.25, 0.3) is 11.1 Å². The number of carbonyl (C=O) groups excluding carboxylic acids is 2. The third kappa shape index (κ3) is 26.4. The molecule has 0 heterocycles. The lowest BCUT2D eigenvalue weighted by atomic mass is 9.98. The van der Waals surface area contributed by atoms with Gasteiger partial charge in [-0.15, -0.1) is 0 Å². The fourth-order valence-corrected chi connectivity index (χ4v) is 5.82. The average Bonchev–Trinajstić information content (AvgIpc) is 3.58. The van der Waals surface area contributed by atoms with Gasteiger partial charge < -0.3 is 71.6 Å². The van der Waals surface area contributed by atoms with Crippen molar-refractivity contribution in [1.29, 1.82) is 0 Å². The minimum Gasteiger partial charge on any atom is -0.458 e. The number of benzene rings is 2. The number of carbonyl (C=O) groups is 2. The second kappa shape index (κ2) is 35.1. The standard InChI is InChI=1S/C45H71NO16/c1-45(2,3)62-43(47)37-60-35-34-59-33-32-58-31-30-57-29-28-56-27-26-55-25-24-54-23-22-53-21-20-52-19-18-51-17-16-50-15-14-49-13-12-46-44(48)61-36-42-40-10-6-4-8-38(40)39-9-5-7-11-41(39)42/h4-11,42H,12-37H2,1-3H3,(H,46,48). The van der Waals surface area contributed by atoms with Crippen LogP contribution < -0.4 is 5.32 Å². The zero-order valence-corrected chi connectivity index (χ0v) is 37.1. The van der Waals surface area contributed by atoms with Gasteiger partial charge in [0.15, 0.2) is 0 Å². The van der Waals surface area contributed by atoms with E-state index in [1.54, 1.807) is 0 Å². The van der Waals surface area contributed by atoms with Gasteiger partial charge in [0.25, 0.3) is 0 Å². The number of nitrogens with one attached hydrogen (secondary N) is 1. The Morgan fingerprint density at radius 1 is 0.452 bits per heavy atom. The predicted octanol–water partition coefficient (Wildman–Crippen LogP) is 4.07. The van der Waals surface area contributed by atoms with Crippen molar-refractivity contribution in [2.24, 2.45) is 0 Å². The molecule has 1 aliphatic rings. The maximum Gasteiger partial charge on any atom is 0.407 e. The molecule has 0 bridgehead atoms. The van der Waals surface area contributed by atoms with Crippen LogP contribution in [-0.2, 0) is 71.1 Å². The van der Waals surface area contributed by atoms with E-state index >= 15 is 0 Å². The molecule has 0 saturated carbocycles. The first-order valence-corrected chi connectivity index (χ1v) is 21.6. The summed E-state index contributed by atoms with van der Waals surface area (Å²) in [7, 11) is 0. The molecule has 17 heteroatoms. The molecule has 1 aliphatic carbocycles. The molecule has 0 saturated heterocycles. The van der Waals surface area contributed by atoms with Crippen LogP contribution in [0.4, 0.5) is 4.79 Å². The van der Waals surface area contributed by atoms with Crippen molar-refractivity contribution < 1.29 is 75.9 Å². The van der Waals surface area contributed by atoms with Crippen molar-refractivity contribution in [3.8, 4) is 11.1 Å². The van der Waals surface area contributed by atoms with Gasteiger partial charge >= 0.3 is 12.1 Å². The maximum absolute atomic E-state index is 12.3. The summed E-state index contributed by atoms with van der Waals surface area (Å²) >= 11 is 0. The Morgan fingerprint density at radius 3 is 1.10 bits per heavy atom. The number of alkyl carbamates (subject to hydrolysis) is 1. The van der Waals surface area contributed by atoms with Gasteiger partial charge in [-0.2, -0.15) is 0 Å². The minimum atomic E-state index is -0.518. The summed E-state index contributed by atoms with van der Waals surface area (Å²) in [5.74, 6) is -0.360. The highest BCUT2D eigenvalue weighted by Gasteiger charge is 2.29. The number of amides is 1. The van der Waals surface area contributed by atoms with Crippen LogP contribution >= 0.6 is 0 Å². The van der Waals surface area contributed by atoms with Crippen LogP contribution in [-0.4, -0.2) is 189 Å². The van der Waals surface area contributed by atoms with E-state index in [1.807, 2.05) is 45.0 Å². The van der Waals surface area contributed by atoms with E-state index in [9.17, 15) is 9.59 Å². The largest absolute Gasteiger partial charge is 0.458 e. The first-order chi connectivity index (χ1) is 30.3. The van der Waals surface area contributed by atoms with Crippen molar-refractivity contribution in [3.05, 3.63) is 59.7 Å². The van der Waals surface area contributed by atoms with Crippen molar-refractivity contribution in [2.45, 2.75) is 32.3 Å². The van der Waals surface area contributed by atoms with Gasteiger partial charge in [-0.3, -0.25) is 0 Å². The molecule has 2 aromatic carbocycles. The second-order valence-corrected chi connectivity index (χ2v) is 14.6. The fourth-order valence-electron chi connectivity index (χ4n) is 5.82. The Labute approximate surface area is 367 Å². The highest BCUT2D eigenvalue weighted by atomic mass is 16.6. The third-order valence-electron chi connectivity index (χ3n) is 8.59. The zero-order chi connectivity index (χ0) is 44.2. The molecule has 3 rings (SSSR count). The molecule has 2 aromatic rings. The van der Waals surface area contributed by atoms with Crippen molar-refractivity contribution >= 4 is 12.1 Å². The van der Waals surface area contributed by atoms with Crippen LogP contribution in [0.1, 0.15) is 37.8 Å². The highest BCUT2D eigenvalue weighted by molar-refractivity contribution is 5.79. The quantitative estimate of drug-likeness (QED) is 0.0749. The second-order valence-electron chi connectivity index (χ2n) is 14.6. The molecule has 17 nitrogen and oxygen atoms in total. The molecule has 0 spiro atoms. The number of ether oxygens (including phenoxy) is 14. The van der Waals surface area contributed by atoms with Gasteiger partial charge in [-0.05, 0) is 43.0 Å². The van der Waals surface area contributed by atoms with Gasteiger partial charge in [0.2, 0.25) is 0 Å². The van der Waals surface area contributed by atoms with E-state index < -0.39 is 17.7 Å². The first-order valence-electron chi connectivity index (χ1n) is 21.6. The summed E-state index contributed by atoms with van der Waals surface area (Å²) in [6.45, 7) is 16.3. The Bertz CT molecular complexity index is 1380. The molecule has 62 heavy (non-hydrogen) atoms. The van der Waals surface area contributed by atoms with E-state index in [2.05, 4.69) is 29.6 Å². The lowest BCUT2D eigenvalue weighted by molar-refractivity contribution is -0.160. The molecular formula is C45H71NO16. The molecular weight excluding hydrogens is 810 g/mol. The van der Waals surface area contributed by atoms with Crippen LogP contribution in [0.3, 0.4) is 0 Å². The van der Waals surface area contributed by atoms with E-state index in [0.717, 1.165) is 0 Å². The van der Waals surface area contributed by atoms with E-state index in [0.29, 0.717) is 159 Å². The number of fused-ring (bicyclic) bond motifs is 3. The van der Waals surface area contributed by atoms with Crippen molar-refractivity contribution in [3.63, 3.8) is 0 Å². The summed E-state index contributed by atoms with van der Waals surface area (Å²) < 4.78 is 76.3. The molecule has 0 unspecified atom stereocenters.